The van der Waals surface area contributed by atoms with Crippen molar-refractivity contribution >= 4 is 5.91 Å². The lowest BCUT2D eigenvalue weighted by molar-refractivity contribution is -0.129. The van der Waals surface area contributed by atoms with Crippen LogP contribution in [0.4, 0.5) is 0 Å². The van der Waals surface area contributed by atoms with Gasteiger partial charge in [0.05, 0.1) is 12.2 Å². The fraction of sp³-hybridized carbons (Fsp3) is 0.933. The number of unbranched alkanes of at least 4 members (excludes halogenated alkanes) is 1. The van der Waals surface area contributed by atoms with Crippen LogP contribution in [0.15, 0.2) is 0 Å². The van der Waals surface area contributed by atoms with E-state index in [-0.39, 0.29) is 18.1 Å². The van der Waals surface area contributed by atoms with E-state index in [1.165, 1.54) is 0 Å². The molecule has 1 N–H and O–H groups in total. The van der Waals surface area contributed by atoms with Crippen molar-refractivity contribution in [1.29, 1.82) is 0 Å². The minimum absolute atomic E-state index is 0.00473. The fourth-order valence-electron chi connectivity index (χ4n) is 2.53. The molecule has 2 atom stereocenters. The number of carbonyl (C=O) groups excluding carboxylic acids is 1. The van der Waals surface area contributed by atoms with Gasteiger partial charge in [-0.15, -0.1) is 0 Å². The van der Waals surface area contributed by atoms with Crippen molar-refractivity contribution in [1.82, 2.24) is 15.1 Å². The quantitative estimate of drug-likeness (QED) is 0.685. The number of nitrogens with one attached hydrogen (secondary N) is 1. The average Bonchev–Trinajstić information content (AvgIpc) is 2.61. The van der Waals surface area contributed by atoms with E-state index in [0.29, 0.717) is 6.04 Å². The standard InChI is InChI=1S/C15H31N3O/c1-6-9-14-16-13(4)15(19)18(14)11-8-7-10-17(5)12(2)3/h12-14,16H,6-11H2,1-5H3. The summed E-state index contributed by atoms with van der Waals surface area (Å²) in [4.78, 5) is 16.5. The highest BCUT2D eigenvalue weighted by atomic mass is 16.2. The van der Waals surface area contributed by atoms with E-state index in [1.807, 2.05) is 11.8 Å². The molecule has 4 nitrogen and oxygen atoms in total. The number of rotatable bonds is 8. The highest BCUT2D eigenvalue weighted by Crippen LogP contribution is 2.15. The lowest BCUT2D eigenvalue weighted by Gasteiger charge is -2.25. The van der Waals surface area contributed by atoms with Crippen LogP contribution < -0.4 is 5.32 Å². The van der Waals surface area contributed by atoms with Crippen molar-refractivity contribution in [3.05, 3.63) is 0 Å². The van der Waals surface area contributed by atoms with Crippen molar-refractivity contribution in [2.45, 2.75) is 71.6 Å². The number of hydrogen-bond donors (Lipinski definition) is 1. The van der Waals surface area contributed by atoms with Crippen LogP contribution in [-0.4, -0.2) is 54.1 Å². The predicted molar refractivity (Wildman–Crippen MR) is 80.0 cm³/mol. The van der Waals surface area contributed by atoms with E-state index in [0.717, 1.165) is 38.8 Å². The van der Waals surface area contributed by atoms with Crippen LogP contribution in [0.3, 0.4) is 0 Å². The summed E-state index contributed by atoms with van der Waals surface area (Å²) in [6, 6.07) is 0.595. The highest BCUT2D eigenvalue weighted by Gasteiger charge is 2.34. The van der Waals surface area contributed by atoms with Crippen LogP contribution in [0.5, 0.6) is 0 Å². The molecule has 2 unspecified atom stereocenters. The molecule has 0 aromatic rings. The molecule has 0 spiro atoms. The molecule has 1 fully saturated rings. The Balaban J connectivity index is 2.32. The zero-order valence-corrected chi connectivity index (χ0v) is 13.3. The zero-order chi connectivity index (χ0) is 14.4. The smallest absolute Gasteiger partial charge is 0.240 e. The lowest BCUT2D eigenvalue weighted by atomic mass is 10.2. The summed E-state index contributed by atoms with van der Waals surface area (Å²) >= 11 is 0. The van der Waals surface area contributed by atoms with Crippen molar-refractivity contribution in [2.75, 3.05) is 20.1 Å². The van der Waals surface area contributed by atoms with Crippen molar-refractivity contribution in [3.8, 4) is 0 Å². The molecule has 19 heavy (non-hydrogen) atoms. The maximum Gasteiger partial charge on any atom is 0.240 e. The summed E-state index contributed by atoms with van der Waals surface area (Å²) in [5.74, 6) is 0.274. The Hall–Kier alpha value is -0.610. The summed E-state index contributed by atoms with van der Waals surface area (Å²) in [6.07, 6.45) is 4.69. The Labute approximate surface area is 118 Å². The minimum atomic E-state index is -0.00473. The van der Waals surface area contributed by atoms with E-state index in [1.54, 1.807) is 0 Å². The van der Waals surface area contributed by atoms with Gasteiger partial charge in [0, 0.05) is 12.6 Å². The summed E-state index contributed by atoms with van der Waals surface area (Å²) in [5, 5.41) is 3.39. The van der Waals surface area contributed by atoms with Crippen molar-refractivity contribution < 1.29 is 4.79 Å². The lowest BCUT2D eigenvalue weighted by Crippen LogP contribution is -2.38. The normalized spacial score (nSPS) is 23.9. The van der Waals surface area contributed by atoms with Gasteiger partial charge in [-0.3, -0.25) is 10.1 Å². The molecule has 4 heteroatoms. The van der Waals surface area contributed by atoms with E-state index < -0.39 is 0 Å². The molecule has 1 amide bonds. The van der Waals surface area contributed by atoms with E-state index >= 15 is 0 Å². The zero-order valence-electron chi connectivity index (χ0n) is 13.3. The molecule has 1 rings (SSSR count). The second kappa shape index (κ2) is 7.85. The monoisotopic (exact) mass is 269 g/mol. The molecule has 1 heterocycles. The SMILES string of the molecule is CCCC1NC(C)C(=O)N1CCCCN(C)C(C)C. The van der Waals surface area contributed by atoms with E-state index in [9.17, 15) is 4.79 Å². The maximum absolute atomic E-state index is 12.1. The molecule has 1 aliphatic heterocycles. The van der Waals surface area contributed by atoms with Crippen LogP contribution >= 0.6 is 0 Å². The molecule has 0 radical (unpaired) electrons. The Morgan fingerprint density at radius 2 is 2.05 bits per heavy atom. The van der Waals surface area contributed by atoms with Gasteiger partial charge in [0.25, 0.3) is 0 Å². The maximum atomic E-state index is 12.1. The minimum Gasteiger partial charge on any atom is -0.326 e. The Bertz CT molecular complexity index is 281. The third-order valence-electron chi connectivity index (χ3n) is 4.08. The average molecular weight is 269 g/mol. The van der Waals surface area contributed by atoms with Gasteiger partial charge >= 0.3 is 0 Å². The molecule has 0 aromatic carbocycles. The van der Waals surface area contributed by atoms with Crippen LogP contribution in [-0.2, 0) is 4.79 Å². The molecular weight excluding hydrogens is 238 g/mol. The highest BCUT2D eigenvalue weighted by molar-refractivity contribution is 5.83. The van der Waals surface area contributed by atoms with Crippen molar-refractivity contribution in [3.63, 3.8) is 0 Å². The molecule has 112 valence electrons. The summed E-state index contributed by atoms with van der Waals surface area (Å²) in [5.41, 5.74) is 0. The van der Waals surface area contributed by atoms with Gasteiger partial charge in [0.15, 0.2) is 0 Å². The van der Waals surface area contributed by atoms with E-state index in [4.69, 9.17) is 0 Å². The predicted octanol–water partition coefficient (Wildman–Crippen LogP) is 2.05. The second-order valence-electron chi connectivity index (χ2n) is 6.01. The molecule has 0 aromatic heterocycles. The van der Waals surface area contributed by atoms with E-state index in [2.05, 4.69) is 38.0 Å². The van der Waals surface area contributed by atoms with Crippen LogP contribution in [0.1, 0.15) is 53.4 Å². The van der Waals surface area contributed by atoms with Crippen molar-refractivity contribution in [2.24, 2.45) is 0 Å². The molecule has 1 aliphatic rings. The molecular formula is C15H31N3O. The van der Waals surface area contributed by atoms with Crippen LogP contribution in [0.25, 0.3) is 0 Å². The van der Waals surface area contributed by atoms with Crippen LogP contribution in [0.2, 0.25) is 0 Å². The topological polar surface area (TPSA) is 35.6 Å². The fourth-order valence-corrected chi connectivity index (χ4v) is 2.53. The van der Waals surface area contributed by atoms with Gasteiger partial charge < -0.3 is 9.80 Å². The summed E-state index contributed by atoms with van der Waals surface area (Å²) < 4.78 is 0. The second-order valence-corrected chi connectivity index (χ2v) is 6.01. The van der Waals surface area contributed by atoms with Gasteiger partial charge in [-0.05, 0) is 53.6 Å². The third-order valence-corrected chi connectivity index (χ3v) is 4.08. The number of hydrogen-bond acceptors (Lipinski definition) is 3. The molecule has 0 bridgehead atoms. The first-order chi connectivity index (χ1) is 8.97. The Morgan fingerprint density at radius 3 is 2.63 bits per heavy atom. The number of nitrogens with zero attached hydrogens (tertiary/aromatic N) is 2. The molecule has 0 aliphatic carbocycles. The van der Waals surface area contributed by atoms with Crippen LogP contribution in [0, 0.1) is 0 Å². The van der Waals surface area contributed by atoms with Gasteiger partial charge in [0.1, 0.15) is 0 Å². The molecule has 0 saturated carbocycles. The summed E-state index contributed by atoms with van der Waals surface area (Å²) in [7, 11) is 2.16. The third kappa shape index (κ3) is 4.77. The number of carbonyl (C=O) groups is 1. The summed E-state index contributed by atoms with van der Waals surface area (Å²) in [6.45, 7) is 10.6. The Kier molecular flexibility index (Phi) is 6.80. The molecule has 1 saturated heterocycles. The van der Waals surface area contributed by atoms with Gasteiger partial charge in [0.2, 0.25) is 5.91 Å². The van der Waals surface area contributed by atoms with Gasteiger partial charge in [-0.2, -0.15) is 0 Å². The van der Waals surface area contributed by atoms with Gasteiger partial charge in [-0.1, -0.05) is 13.3 Å². The van der Waals surface area contributed by atoms with Gasteiger partial charge in [-0.25, -0.2) is 0 Å². The first-order valence-corrected chi connectivity index (χ1v) is 7.74. The first-order valence-electron chi connectivity index (χ1n) is 7.74. The number of amides is 1. The largest absolute Gasteiger partial charge is 0.326 e. The Morgan fingerprint density at radius 1 is 1.37 bits per heavy atom. The first kappa shape index (κ1) is 16.4.